The third-order valence-electron chi connectivity index (χ3n) is 3.63. The number of pyridine rings is 1. The molecule has 0 fully saturated rings. The molecule has 124 valence electrons. The van der Waals surface area contributed by atoms with Gasteiger partial charge in [-0.25, -0.2) is 9.37 Å². The molecule has 1 N–H and O–H groups in total. The van der Waals surface area contributed by atoms with Crippen molar-refractivity contribution in [3.8, 4) is 28.4 Å². The van der Waals surface area contributed by atoms with Crippen molar-refractivity contribution in [1.82, 2.24) is 15.2 Å². The Morgan fingerprint density at radius 3 is 2.46 bits per heavy atom. The Hall–Kier alpha value is -2.89. The second kappa shape index (κ2) is 7.12. The second-order valence-corrected chi connectivity index (χ2v) is 5.53. The normalized spacial score (nSPS) is 10.6. The zero-order valence-electron chi connectivity index (χ0n) is 13.7. The number of anilines is 1. The molecule has 0 aliphatic rings. The zero-order chi connectivity index (χ0) is 16.9. The van der Waals surface area contributed by atoms with E-state index >= 15 is 0 Å². The Labute approximate surface area is 140 Å². The van der Waals surface area contributed by atoms with Crippen LogP contribution in [0.3, 0.4) is 0 Å². The summed E-state index contributed by atoms with van der Waals surface area (Å²) in [5.74, 6) is 0.409. The molecule has 2 heterocycles. The summed E-state index contributed by atoms with van der Waals surface area (Å²) in [4.78, 5) is 6.21. The Balaban J connectivity index is 1.77. The summed E-state index contributed by atoms with van der Waals surface area (Å²) in [6, 6.07) is 13.8. The van der Waals surface area contributed by atoms with Crippen LogP contribution in [0.15, 0.2) is 48.7 Å². The Morgan fingerprint density at radius 2 is 1.83 bits per heavy atom. The van der Waals surface area contributed by atoms with E-state index in [-0.39, 0.29) is 6.61 Å². The van der Waals surface area contributed by atoms with E-state index in [1.54, 1.807) is 12.3 Å². The van der Waals surface area contributed by atoms with E-state index in [1.807, 2.05) is 26.2 Å². The topological polar surface area (TPSA) is 54.0 Å². The molecule has 24 heavy (non-hydrogen) atoms. The van der Waals surface area contributed by atoms with Crippen LogP contribution in [0.25, 0.3) is 22.5 Å². The maximum absolute atomic E-state index is 12.1. The third kappa shape index (κ3) is 3.53. The van der Waals surface area contributed by atoms with Gasteiger partial charge in [0.15, 0.2) is 0 Å². The molecule has 0 aliphatic carbocycles. The summed E-state index contributed by atoms with van der Waals surface area (Å²) in [5, 5.41) is 7.38. The first-order valence-electron chi connectivity index (χ1n) is 7.66. The van der Waals surface area contributed by atoms with Crippen molar-refractivity contribution >= 4 is 5.69 Å². The summed E-state index contributed by atoms with van der Waals surface area (Å²) < 4.78 is 17.2. The van der Waals surface area contributed by atoms with Crippen LogP contribution in [0.4, 0.5) is 10.1 Å². The van der Waals surface area contributed by atoms with Gasteiger partial charge in [-0.05, 0) is 29.8 Å². The smallest absolute Gasteiger partial charge is 0.213 e. The summed E-state index contributed by atoms with van der Waals surface area (Å²) >= 11 is 0. The molecule has 0 atom stereocenters. The zero-order valence-corrected chi connectivity index (χ0v) is 13.7. The van der Waals surface area contributed by atoms with E-state index in [2.05, 4.69) is 44.3 Å². The van der Waals surface area contributed by atoms with Gasteiger partial charge >= 0.3 is 0 Å². The van der Waals surface area contributed by atoms with Gasteiger partial charge in [0.25, 0.3) is 0 Å². The number of aromatic nitrogens is 3. The molecule has 2 aromatic heterocycles. The first kappa shape index (κ1) is 16.0. The first-order valence-corrected chi connectivity index (χ1v) is 7.66. The van der Waals surface area contributed by atoms with Gasteiger partial charge in [0.1, 0.15) is 13.3 Å². The highest BCUT2D eigenvalue weighted by molar-refractivity contribution is 5.69. The number of H-pyrrole nitrogens is 1. The van der Waals surface area contributed by atoms with Crippen LogP contribution < -0.4 is 9.64 Å². The molecule has 6 heteroatoms. The third-order valence-corrected chi connectivity index (χ3v) is 3.63. The minimum Gasteiger partial charge on any atom is -0.475 e. The fraction of sp³-hybridized carbons (Fsp3) is 0.222. The van der Waals surface area contributed by atoms with E-state index < -0.39 is 6.67 Å². The van der Waals surface area contributed by atoms with Crippen LogP contribution in [-0.2, 0) is 0 Å². The molecule has 0 saturated heterocycles. The molecular formula is C18H19FN4O. The number of nitrogens with one attached hydrogen (secondary N) is 1. The molecule has 0 amide bonds. The lowest BCUT2D eigenvalue weighted by Crippen LogP contribution is -2.07. The van der Waals surface area contributed by atoms with Gasteiger partial charge in [-0.15, -0.1) is 0 Å². The number of hydrogen-bond donors (Lipinski definition) is 1. The quantitative estimate of drug-likeness (QED) is 0.752. The van der Waals surface area contributed by atoms with Crippen molar-refractivity contribution in [2.24, 2.45) is 0 Å². The molecule has 0 bridgehead atoms. The number of halogens is 1. The SMILES string of the molecule is CN(C)c1ccc(-c2cc(-c3ccc(OCCF)nc3)n[nH]2)cc1. The van der Waals surface area contributed by atoms with Crippen LogP contribution in [0.1, 0.15) is 0 Å². The van der Waals surface area contributed by atoms with Crippen LogP contribution in [0.5, 0.6) is 5.88 Å². The highest BCUT2D eigenvalue weighted by Gasteiger charge is 2.07. The van der Waals surface area contributed by atoms with Gasteiger partial charge in [-0.3, -0.25) is 5.10 Å². The second-order valence-electron chi connectivity index (χ2n) is 5.53. The summed E-state index contributed by atoms with van der Waals surface area (Å²) in [6.07, 6.45) is 1.67. The Morgan fingerprint density at radius 1 is 1.08 bits per heavy atom. The van der Waals surface area contributed by atoms with E-state index in [0.717, 1.165) is 28.2 Å². The standard InChI is InChI=1S/C18H19FN4O/c1-23(2)15-6-3-13(4-7-15)16-11-17(22-21-16)14-5-8-18(20-12-14)24-10-9-19/h3-8,11-12H,9-10H2,1-2H3,(H,21,22). The fourth-order valence-electron chi connectivity index (χ4n) is 2.32. The van der Waals surface area contributed by atoms with E-state index in [0.29, 0.717) is 5.88 Å². The number of rotatable bonds is 6. The molecular weight excluding hydrogens is 307 g/mol. The van der Waals surface area contributed by atoms with Crippen LogP contribution in [-0.4, -0.2) is 42.6 Å². The largest absolute Gasteiger partial charge is 0.475 e. The van der Waals surface area contributed by atoms with Crippen LogP contribution in [0.2, 0.25) is 0 Å². The number of alkyl halides is 1. The lowest BCUT2D eigenvalue weighted by Gasteiger charge is -2.12. The average molecular weight is 326 g/mol. The maximum Gasteiger partial charge on any atom is 0.213 e. The maximum atomic E-state index is 12.1. The lowest BCUT2D eigenvalue weighted by atomic mass is 10.1. The number of hydrogen-bond acceptors (Lipinski definition) is 4. The van der Waals surface area contributed by atoms with Crippen molar-refractivity contribution in [3.63, 3.8) is 0 Å². The van der Waals surface area contributed by atoms with Crippen molar-refractivity contribution < 1.29 is 9.13 Å². The number of nitrogens with zero attached hydrogens (tertiary/aromatic N) is 3. The van der Waals surface area contributed by atoms with Gasteiger partial charge in [0, 0.05) is 37.6 Å². The predicted molar refractivity (Wildman–Crippen MR) is 93.1 cm³/mol. The molecule has 0 saturated carbocycles. The minimum absolute atomic E-state index is 0.0157. The molecule has 0 spiro atoms. The first-order chi connectivity index (χ1) is 11.7. The van der Waals surface area contributed by atoms with Gasteiger partial charge in [-0.1, -0.05) is 12.1 Å². The van der Waals surface area contributed by atoms with Gasteiger partial charge in [0.2, 0.25) is 5.88 Å². The summed E-state index contributed by atoms with van der Waals surface area (Å²) in [7, 11) is 4.02. The van der Waals surface area contributed by atoms with Crippen LogP contribution >= 0.6 is 0 Å². The molecule has 0 unspecified atom stereocenters. The van der Waals surface area contributed by atoms with Gasteiger partial charge in [-0.2, -0.15) is 5.10 Å². The van der Waals surface area contributed by atoms with Crippen molar-refractivity contribution in [2.75, 3.05) is 32.3 Å². The summed E-state index contributed by atoms with van der Waals surface area (Å²) in [6.45, 7) is -0.513. The number of aromatic amines is 1. The summed E-state index contributed by atoms with van der Waals surface area (Å²) in [5.41, 5.74) is 4.82. The average Bonchev–Trinajstić information content (AvgIpc) is 3.10. The Bertz CT molecular complexity index is 782. The van der Waals surface area contributed by atoms with E-state index in [1.165, 1.54) is 0 Å². The van der Waals surface area contributed by atoms with Crippen LogP contribution in [0, 0.1) is 0 Å². The molecule has 0 radical (unpaired) electrons. The number of benzene rings is 1. The lowest BCUT2D eigenvalue weighted by molar-refractivity contribution is 0.264. The molecule has 3 aromatic rings. The van der Waals surface area contributed by atoms with Crippen molar-refractivity contribution in [3.05, 3.63) is 48.7 Å². The van der Waals surface area contributed by atoms with Gasteiger partial charge < -0.3 is 9.64 Å². The Kier molecular flexibility index (Phi) is 4.74. The highest BCUT2D eigenvalue weighted by atomic mass is 19.1. The van der Waals surface area contributed by atoms with Crippen molar-refractivity contribution in [2.45, 2.75) is 0 Å². The van der Waals surface area contributed by atoms with Crippen molar-refractivity contribution in [1.29, 1.82) is 0 Å². The molecule has 0 aliphatic heterocycles. The monoisotopic (exact) mass is 326 g/mol. The highest BCUT2D eigenvalue weighted by Crippen LogP contribution is 2.25. The molecule has 1 aromatic carbocycles. The van der Waals surface area contributed by atoms with Gasteiger partial charge in [0.05, 0.1) is 11.4 Å². The number of ether oxygens (including phenoxy) is 1. The molecule has 3 rings (SSSR count). The minimum atomic E-state index is -0.529. The molecule has 5 nitrogen and oxygen atoms in total. The predicted octanol–water partition coefficient (Wildman–Crippen LogP) is 3.55. The van der Waals surface area contributed by atoms with E-state index in [9.17, 15) is 4.39 Å². The van der Waals surface area contributed by atoms with E-state index in [4.69, 9.17) is 4.74 Å². The fourth-order valence-corrected chi connectivity index (χ4v) is 2.32.